The molecule has 0 N–H and O–H groups in total. The van der Waals surface area contributed by atoms with Crippen LogP contribution in [-0.4, -0.2) is 19.5 Å². The maximum Gasteiger partial charge on any atom is 0.156 e. The molecule has 0 saturated carbocycles. The Labute approximate surface area is 110 Å². The van der Waals surface area contributed by atoms with Gasteiger partial charge in [-0.3, -0.25) is 0 Å². The van der Waals surface area contributed by atoms with Crippen LogP contribution in [0.1, 0.15) is 36.1 Å². The van der Waals surface area contributed by atoms with Gasteiger partial charge in [-0.1, -0.05) is 17.9 Å². The molecular weight excluding hydrogens is 224 g/mol. The van der Waals surface area contributed by atoms with Crippen LogP contribution < -0.4 is 0 Å². The highest BCUT2D eigenvalue weighted by Crippen LogP contribution is 2.14. The normalized spacial score (nSPS) is 11.8. The molecule has 0 fully saturated rings. The molecule has 0 amide bonds. The average molecular weight is 246 g/mol. The van der Waals surface area contributed by atoms with Gasteiger partial charge in [-0.2, -0.15) is 0 Å². The van der Waals surface area contributed by atoms with Gasteiger partial charge in [0.15, 0.2) is 6.29 Å². The first-order chi connectivity index (χ1) is 8.54. The fraction of sp³-hybridized carbons (Fsp3) is 0.500. The smallest absolute Gasteiger partial charge is 0.156 e. The molecular formula is C16H22O2. The van der Waals surface area contributed by atoms with Crippen LogP contribution in [0.4, 0.5) is 0 Å². The van der Waals surface area contributed by atoms with Crippen molar-refractivity contribution in [1.29, 1.82) is 0 Å². The lowest BCUT2D eigenvalue weighted by Gasteiger charge is -2.09. The molecule has 2 nitrogen and oxygen atoms in total. The second-order valence-electron chi connectivity index (χ2n) is 4.39. The van der Waals surface area contributed by atoms with Crippen molar-refractivity contribution >= 4 is 0 Å². The molecule has 0 aliphatic heterocycles. The number of benzene rings is 1. The zero-order chi connectivity index (χ0) is 13.5. The molecule has 1 aromatic rings. The Morgan fingerprint density at radius 2 is 1.72 bits per heavy atom. The molecule has 98 valence electrons. The van der Waals surface area contributed by atoms with Gasteiger partial charge in [0.1, 0.15) is 6.61 Å². The van der Waals surface area contributed by atoms with Gasteiger partial charge in [0, 0.05) is 12.2 Å². The topological polar surface area (TPSA) is 18.5 Å². The molecule has 0 aromatic heterocycles. The zero-order valence-electron chi connectivity index (χ0n) is 12.0. The number of hydrogen-bond acceptors (Lipinski definition) is 2. The minimum atomic E-state index is -0.190. The fourth-order valence-electron chi connectivity index (χ4n) is 1.67. The van der Waals surface area contributed by atoms with E-state index in [1.165, 1.54) is 16.7 Å². The summed E-state index contributed by atoms with van der Waals surface area (Å²) in [7, 11) is 0. The van der Waals surface area contributed by atoms with Gasteiger partial charge in [-0.05, 0) is 57.4 Å². The summed E-state index contributed by atoms with van der Waals surface area (Å²) in [4.78, 5) is 0. The van der Waals surface area contributed by atoms with E-state index in [0.29, 0.717) is 13.2 Å². The standard InChI is InChI=1S/C16H22O2/c1-6-17-15(5)18-9-7-8-16-11-13(3)12(2)10-14(16)4/h10-11,15H,6,9H2,1-5H3. The molecule has 1 aromatic carbocycles. The van der Waals surface area contributed by atoms with Crippen LogP contribution in [0, 0.1) is 32.6 Å². The highest BCUT2D eigenvalue weighted by Gasteiger charge is 1.99. The van der Waals surface area contributed by atoms with Gasteiger partial charge in [-0.25, -0.2) is 0 Å². The number of rotatable bonds is 4. The first-order valence-electron chi connectivity index (χ1n) is 6.34. The van der Waals surface area contributed by atoms with Crippen LogP contribution in [0.25, 0.3) is 0 Å². The molecule has 0 aliphatic carbocycles. The van der Waals surface area contributed by atoms with E-state index < -0.39 is 0 Å². The molecule has 0 aliphatic rings. The van der Waals surface area contributed by atoms with Gasteiger partial charge >= 0.3 is 0 Å². The monoisotopic (exact) mass is 246 g/mol. The Bertz CT molecular complexity index is 452. The minimum Gasteiger partial charge on any atom is -0.353 e. The van der Waals surface area contributed by atoms with Gasteiger partial charge in [-0.15, -0.1) is 0 Å². The van der Waals surface area contributed by atoms with Crippen molar-refractivity contribution in [1.82, 2.24) is 0 Å². The second kappa shape index (κ2) is 7.20. The van der Waals surface area contributed by atoms with E-state index in [1.807, 2.05) is 13.8 Å². The highest BCUT2D eigenvalue weighted by molar-refractivity contribution is 5.45. The van der Waals surface area contributed by atoms with Crippen LogP contribution in [0.3, 0.4) is 0 Å². The highest BCUT2D eigenvalue weighted by atomic mass is 16.7. The first-order valence-corrected chi connectivity index (χ1v) is 6.34. The predicted octanol–water partition coefficient (Wildman–Crippen LogP) is 3.36. The van der Waals surface area contributed by atoms with E-state index in [0.717, 1.165) is 5.56 Å². The summed E-state index contributed by atoms with van der Waals surface area (Å²) in [5.41, 5.74) is 4.86. The molecule has 18 heavy (non-hydrogen) atoms. The van der Waals surface area contributed by atoms with Crippen molar-refractivity contribution in [2.45, 2.75) is 40.9 Å². The molecule has 1 unspecified atom stereocenters. The Balaban J connectivity index is 2.60. The van der Waals surface area contributed by atoms with Crippen LogP contribution in [0.5, 0.6) is 0 Å². The van der Waals surface area contributed by atoms with Crippen molar-refractivity contribution in [2.75, 3.05) is 13.2 Å². The van der Waals surface area contributed by atoms with Crippen molar-refractivity contribution < 1.29 is 9.47 Å². The lowest BCUT2D eigenvalue weighted by Crippen LogP contribution is -2.12. The summed E-state index contributed by atoms with van der Waals surface area (Å²) in [5, 5.41) is 0. The maximum atomic E-state index is 5.40. The third kappa shape index (κ3) is 4.52. The van der Waals surface area contributed by atoms with Crippen LogP contribution in [0.15, 0.2) is 12.1 Å². The second-order valence-corrected chi connectivity index (χ2v) is 4.39. The lowest BCUT2D eigenvalue weighted by molar-refractivity contribution is -0.117. The SMILES string of the molecule is CCOC(C)OCC#Cc1cc(C)c(C)cc1C. The van der Waals surface area contributed by atoms with E-state index in [9.17, 15) is 0 Å². The van der Waals surface area contributed by atoms with E-state index >= 15 is 0 Å². The summed E-state index contributed by atoms with van der Waals surface area (Å²) in [5.74, 6) is 6.17. The van der Waals surface area contributed by atoms with Crippen molar-refractivity contribution in [3.05, 3.63) is 34.4 Å². The summed E-state index contributed by atoms with van der Waals surface area (Å²) in [6, 6.07) is 4.30. The Kier molecular flexibility index (Phi) is 5.91. The first kappa shape index (κ1) is 14.8. The van der Waals surface area contributed by atoms with Crippen molar-refractivity contribution in [2.24, 2.45) is 0 Å². The van der Waals surface area contributed by atoms with Crippen molar-refractivity contribution in [3.63, 3.8) is 0 Å². The molecule has 0 bridgehead atoms. The van der Waals surface area contributed by atoms with E-state index in [1.54, 1.807) is 0 Å². The van der Waals surface area contributed by atoms with Gasteiger partial charge in [0.2, 0.25) is 0 Å². The number of hydrogen-bond donors (Lipinski definition) is 0. The van der Waals surface area contributed by atoms with E-state index in [4.69, 9.17) is 9.47 Å². The Morgan fingerprint density at radius 1 is 1.06 bits per heavy atom. The summed E-state index contributed by atoms with van der Waals surface area (Å²) in [6.45, 7) is 11.2. The summed E-state index contributed by atoms with van der Waals surface area (Å²) in [6.07, 6.45) is -0.190. The largest absolute Gasteiger partial charge is 0.353 e. The van der Waals surface area contributed by atoms with Crippen LogP contribution in [0.2, 0.25) is 0 Å². The molecule has 1 atom stereocenters. The molecule has 0 saturated heterocycles. The molecule has 1 rings (SSSR count). The van der Waals surface area contributed by atoms with Crippen LogP contribution in [-0.2, 0) is 9.47 Å². The third-order valence-corrected chi connectivity index (χ3v) is 2.86. The average Bonchev–Trinajstić information content (AvgIpc) is 2.31. The Hall–Kier alpha value is -1.30. The fourth-order valence-corrected chi connectivity index (χ4v) is 1.67. The van der Waals surface area contributed by atoms with Gasteiger partial charge in [0.05, 0.1) is 0 Å². The molecule has 0 heterocycles. The predicted molar refractivity (Wildman–Crippen MR) is 74.6 cm³/mol. The lowest BCUT2D eigenvalue weighted by atomic mass is 10.0. The quantitative estimate of drug-likeness (QED) is 0.599. The minimum absolute atomic E-state index is 0.190. The Morgan fingerprint density at radius 3 is 2.39 bits per heavy atom. The van der Waals surface area contributed by atoms with Gasteiger partial charge < -0.3 is 9.47 Å². The van der Waals surface area contributed by atoms with Crippen LogP contribution >= 0.6 is 0 Å². The number of aryl methyl sites for hydroxylation is 3. The summed E-state index contributed by atoms with van der Waals surface area (Å²) < 4.78 is 10.7. The maximum absolute atomic E-state index is 5.40. The van der Waals surface area contributed by atoms with Crippen molar-refractivity contribution in [3.8, 4) is 11.8 Å². The molecule has 2 heteroatoms. The van der Waals surface area contributed by atoms with E-state index in [-0.39, 0.29) is 6.29 Å². The third-order valence-electron chi connectivity index (χ3n) is 2.86. The molecule has 0 radical (unpaired) electrons. The number of ether oxygens (including phenoxy) is 2. The molecule has 0 spiro atoms. The van der Waals surface area contributed by atoms with Gasteiger partial charge in [0.25, 0.3) is 0 Å². The van der Waals surface area contributed by atoms with E-state index in [2.05, 4.69) is 44.7 Å². The summed E-state index contributed by atoms with van der Waals surface area (Å²) >= 11 is 0. The zero-order valence-corrected chi connectivity index (χ0v) is 12.0.